The first-order chi connectivity index (χ1) is 11.7. The van der Waals surface area contributed by atoms with Crippen molar-refractivity contribution in [2.75, 3.05) is 6.54 Å². The minimum atomic E-state index is -4.06. The number of primary sulfonamides is 1. The third-order valence-corrected chi connectivity index (χ3v) is 6.52. The zero-order valence-corrected chi connectivity index (χ0v) is 15.4. The average molecular weight is 383 g/mol. The van der Waals surface area contributed by atoms with Crippen LogP contribution >= 0.6 is 11.8 Å². The van der Waals surface area contributed by atoms with Crippen LogP contribution < -0.4 is 10.5 Å². The number of nitrogens with one attached hydrogen (secondary N) is 1. The molecule has 9 heteroatoms. The third-order valence-electron chi connectivity index (χ3n) is 3.90. The Balaban J connectivity index is 1.99. The van der Waals surface area contributed by atoms with Gasteiger partial charge in [0, 0.05) is 16.2 Å². The standard InChI is InChI=1S/C16H21N3O4S2/c1-13(24-15-7-3-2-4-8-15)9-11-18-16(25(17,22)23)10-5-6-14(12-16)19(20)21/h2-8,10,13,18H,9,11-12H2,1H3,(H2,17,22,23). The van der Waals surface area contributed by atoms with Crippen molar-refractivity contribution in [3.63, 3.8) is 0 Å². The van der Waals surface area contributed by atoms with Crippen LogP contribution in [0.1, 0.15) is 19.8 Å². The predicted octanol–water partition coefficient (Wildman–Crippen LogP) is 2.25. The van der Waals surface area contributed by atoms with Crippen molar-refractivity contribution in [1.29, 1.82) is 0 Å². The molecule has 0 saturated heterocycles. The van der Waals surface area contributed by atoms with Crippen molar-refractivity contribution >= 4 is 21.8 Å². The van der Waals surface area contributed by atoms with E-state index in [9.17, 15) is 18.5 Å². The highest BCUT2D eigenvalue weighted by Gasteiger charge is 2.43. The molecule has 0 heterocycles. The van der Waals surface area contributed by atoms with Crippen LogP contribution in [0.2, 0.25) is 0 Å². The van der Waals surface area contributed by atoms with Crippen molar-refractivity contribution in [3.05, 3.63) is 64.4 Å². The van der Waals surface area contributed by atoms with Gasteiger partial charge < -0.3 is 0 Å². The molecular weight excluding hydrogens is 362 g/mol. The molecule has 0 spiro atoms. The van der Waals surface area contributed by atoms with E-state index in [0.29, 0.717) is 13.0 Å². The molecule has 2 unspecified atom stereocenters. The highest BCUT2D eigenvalue weighted by atomic mass is 32.2. The summed E-state index contributed by atoms with van der Waals surface area (Å²) in [6.07, 6.45) is 4.42. The molecule has 0 bridgehead atoms. The lowest BCUT2D eigenvalue weighted by atomic mass is 10.0. The van der Waals surface area contributed by atoms with E-state index >= 15 is 0 Å². The number of rotatable bonds is 8. The number of nitrogens with two attached hydrogens (primary N) is 1. The molecule has 136 valence electrons. The summed E-state index contributed by atoms with van der Waals surface area (Å²) in [5.74, 6) is 0. The molecular formula is C16H21N3O4S2. The molecule has 1 aromatic rings. The Hall–Kier alpha value is -1.68. The highest BCUT2D eigenvalue weighted by molar-refractivity contribution is 8.00. The Labute approximate surface area is 151 Å². The smallest absolute Gasteiger partial charge is 0.249 e. The topological polar surface area (TPSA) is 115 Å². The van der Waals surface area contributed by atoms with Gasteiger partial charge >= 0.3 is 0 Å². The normalized spacial score (nSPS) is 21.6. The summed E-state index contributed by atoms with van der Waals surface area (Å²) >= 11 is 1.68. The summed E-state index contributed by atoms with van der Waals surface area (Å²) < 4.78 is 24.1. The lowest BCUT2D eigenvalue weighted by Crippen LogP contribution is -2.55. The van der Waals surface area contributed by atoms with Crippen LogP contribution in [0.5, 0.6) is 0 Å². The van der Waals surface area contributed by atoms with Gasteiger partial charge in [0.1, 0.15) is 0 Å². The minimum absolute atomic E-state index is 0.185. The predicted molar refractivity (Wildman–Crippen MR) is 99.1 cm³/mol. The van der Waals surface area contributed by atoms with Crippen LogP contribution in [0.25, 0.3) is 0 Å². The fourth-order valence-corrected chi connectivity index (χ4v) is 4.46. The Morgan fingerprint density at radius 2 is 2.08 bits per heavy atom. The second-order valence-corrected chi connectivity index (χ2v) is 9.17. The van der Waals surface area contributed by atoms with E-state index in [1.165, 1.54) is 18.2 Å². The van der Waals surface area contributed by atoms with Gasteiger partial charge in [-0.15, -0.1) is 11.8 Å². The number of nitro groups is 1. The van der Waals surface area contributed by atoms with Gasteiger partial charge in [0.15, 0.2) is 4.87 Å². The van der Waals surface area contributed by atoms with Gasteiger partial charge in [-0.25, -0.2) is 13.6 Å². The number of hydrogen-bond acceptors (Lipinski definition) is 6. The van der Waals surface area contributed by atoms with Gasteiger partial charge in [-0.2, -0.15) is 0 Å². The number of thioether (sulfide) groups is 1. The number of allylic oxidation sites excluding steroid dienone is 2. The summed E-state index contributed by atoms with van der Waals surface area (Å²) in [7, 11) is -4.06. The molecule has 25 heavy (non-hydrogen) atoms. The maximum absolute atomic E-state index is 12.1. The van der Waals surface area contributed by atoms with Crippen molar-refractivity contribution in [2.45, 2.75) is 34.8 Å². The number of hydrogen-bond donors (Lipinski definition) is 2. The van der Waals surface area contributed by atoms with E-state index < -0.39 is 19.8 Å². The van der Waals surface area contributed by atoms with Crippen molar-refractivity contribution in [1.82, 2.24) is 5.32 Å². The first-order valence-corrected chi connectivity index (χ1v) is 10.2. The molecule has 3 N–H and O–H groups in total. The fraction of sp³-hybridized carbons (Fsp3) is 0.375. The van der Waals surface area contributed by atoms with Gasteiger partial charge in [-0.1, -0.05) is 31.2 Å². The highest BCUT2D eigenvalue weighted by Crippen LogP contribution is 2.28. The van der Waals surface area contributed by atoms with Crippen LogP contribution in [0.3, 0.4) is 0 Å². The van der Waals surface area contributed by atoms with Crippen LogP contribution in [0.4, 0.5) is 0 Å². The van der Waals surface area contributed by atoms with Crippen molar-refractivity contribution in [3.8, 4) is 0 Å². The van der Waals surface area contributed by atoms with E-state index in [1.54, 1.807) is 11.8 Å². The largest absolute Gasteiger partial charge is 0.294 e. The number of benzene rings is 1. The molecule has 1 aliphatic carbocycles. The number of nitrogens with zero attached hydrogens (tertiary/aromatic N) is 1. The average Bonchev–Trinajstić information content (AvgIpc) is 2.55. The maximum atomic E-state index is 12.1. The van der Waals surface area contributed by atoms with Crippen molar-refractivity contribution in [2.24, 2.45) is 5.14 Å². The van der Waals surface area contributed by atoms with Gasteiger partial charge in [0.05, 0.1) is 11.3 Å². The van der Waals surface area contributed by atoms with E-state index in [4.69, 9.17) is 5.14 Å². The quantitative estimate of drug-likeness (QED) is 0.404. The summed E-state index contributed by atoms with van der Waals surface area (Å²) in [5, 5.41) is 19.5. The van der Waals surface area contributed by atoms with Gasteiger partial charge in [-0.05, 0) is 31.2 Å². The van der Waals surface area contributed by atoms with Gasteiger partial charge in [0.25, 0.3) is 0 Å². The molecule has 0 aromatic heterocycles. The lowest BCUT2D eigenvalue weighted by Gasteiger charge is -2.30. The molecule has 0 amide bonds. The molecule has 7 nitrogen and oxygen atoms in total. The zero-order chi connectivity index (χ0) is 18.5. The summed E-state index contributed by atoms with van der Waals surface area (Å²) in [4.78, 5) is 9.90. The maximum Gasteiger partial charge on any atom is 0.249 e. The van der Waals surface area contributed by atoms with Crippen LogP contribution in [-0.4, -0.2) is 30.0 Å². The molecule has 0 saturated carbocycles. The Morgan fingerprint density at radius 1 is 1.40 bits per heavy atom. The molecule has 0 radical (unpaired) electrons. The molecule has 1 aliphatic rings. The van der Waals surface area contributed by atoms with Crippen LogP contribution in [0, 0.1) is 10.1 Å². The summed E-state index contributed by atoms with van der Waals surface area (Å²) in [6, 6.07) is 9.89. The monoisotopic (exact) mass is 383 g/mol. The lowest BCUT2D eigenvalue weighted by molar-refractivity contribution is -0.428. The minimum Gasteiger partial charge on any atom is -0.294 e. The summed E-state index contributed by atoms with van der Waals surface area (Å²) in [5.41, 5.74) is -0.185. The van der Waals surface area contributed by atoms with Crippen molar-refractivity contribution < 1.29 is 13.3 Å². The van der Waals surface area contributed by atoms with Gasteiger partial charge in [0.2, 0.25) is 15.7 Å². The first kappa shape index (κ1) is 19.6. The molecule has 0 aliphatic heterocycles. The SMILES string of the molecule is CC(CCNC1(S(N)(=O)=O)C=CC=C([N+](=O)[O-])C1)Sc1ccccc1. The first-order valence-electron chi connectivity index (χ1n) is 7.75. The second kappa shape index (κ2) is 8.13. The van der Waals surface area contributed by atoms with Gasteiger partial charge in [-0.3, -0.25) is 15.4 Å². The zero-order valence-electron chi connectivity index (χ0n) is 13.8. The Bertz CT molecular complexity index is 778. The van der Waals surface area contributed by atoms with E-state index in [-0.39, 0.29) is 17.4 Å². The van der Waals surface area contributed by atoms with E-state index in [1.807, 2.05) is 37.3 Å². The molecule has 1 aromatic carbocycles. The molecule has 2 rings (SSSR count). The second-order valence-electron chi connectivity index (χ2n) is 5.84. The Morgan fingerprint density at radius 3 is 2.68 bits per heavy atom. The van der Waals surface area contributed by atoms with E-state index in [2.05, 4.69) is 5.32 Å². The Kier molecular flexibility index (Phi) is 6.39. The van der Waals surface area contributed by atoms with Crippen LogP contribution in [0.15, 0.2) is 59.2 Å². The summed E-state index contributed by atoms with van der Waals surface area (Å²) in [6.45, 7) is 2.41. The number of sulfonamides is 1. The third kappa shape index (κ3) is 5.15. The molecule has 2 atom stereocenters. The fourth-order valence-electron chi connectivity index (χ4n) is 2.52. The van der Waals surface area contributed by atoms with E-state index in [0.717, 1.165) is 4.90 Å². The van der Waals surface area contributed by atoms with Crippen LogP contribution in [-0.2, 0) is 10.0 Å². The molecule has 0 fully saturated rings.